The molecule has 0 amide bonds. The average molecular weight is 326 g/mol. The van der Waals surface area contributed by atoms with Crippen LogP contribution in [0.5, 0.6) is 0 Å². The molecule has 0 heterocycles. The summed E-state index contributed by atoms with van der Waals surface area (Å²) in [5.41, 5.74) is 0. The molecular formula is C8H6Br2O2S. The monoisotopic (exact) mass is 324 g/mol. The fraction of sp³-hybridized carbons (Fsp3) is 0.125. The van der Waals surface area contributed by atoms with E-state index in [1.54, 1.807) is 0 Å². The van der Waals surface area contributed by atoms with Gasteiger partial charge in [-0.05, 0) is 24.3 Å². The highest BCUT2D eigenvalue weighted by molar-refractivity contribution is 9.11. The minimum absolute atomic E-state index is 0.589. The maximum atomic E-state index is 10.5. The topological polar surface area (TPSA) is 37.3 Å². The predicted octanol–water partition coefficient (Wildman–Crippen LogP) is 3.35. The van der Waals surface area contributed by atoms with Gasteiger partial charge >= 0.3 is 5.97 Å². The van der Waals surface area contributed by atoms with Gasteiger partial charge in [-0.15, -0.1) is 0 Å². The molecule has 0 saturated heterocycles. The lowest BCUT2D eigenvalue weighted by molar-refractivity contribution is -0.134. The summed E-state index contributed by atoms with van der Waals surface area (Å²) in [6, 6.07) is 7.49. The molecule has 0 radical (unpaired) electrons. The van der Waals surface area contributed by atoms with Crippen molar-refractivity contribution in [2.45, 2.75) is 9.05 Å². The van der Waals surface area contributed by atoms with Gasteiger partial charge in [-0.2, -0.15) is 0 Å². The Balaban J connectivity index is 2.64. The van der Waals surface area contributed by atoms with Gasteiger partial charge in [0, 0.05) is 9.37 Å². The Bertz CT molecular complexity index is 300. The van der Waals surface area contributed by atoms with Crippen LogP contribution in [0.4, 0.5) is 0 Å². The zero-order valence-electron chi connectivity index (χ0n) is 6.41. The van der Waals surface area contributed by atoms with Gasteiger partial charge in [-0.3, -0.25) is 4.79 Å². The zero-order valence-corrected chi connectivity index (χ0v) is 10.4. The molecule has 0 aliphatic rings. The Morgan fingerprint density at radius 2 is 1.92 bits per heavy atom. The standard InChI is InChI=1S/C8H6Br2O2S/c9-5-1-3-6(4-2-5)13-7(10)8(11)12/h1-4,7H,(H,11,12). The highest BCUT2D eigenvalue weighted by Gasteiger charge is 2.13. The molecule has 0 spiro atoms. The molecule has 0 aliphatic heterocycles. The van der Waals surface area contributed by atoms with Gasteiger partial charge in [-0.1, -0.05) is 43.6 Å². The van der Waals surface area contributed by atoms with E-state index in [-0.39, 0.29) is 0 Å². The Kier molecular flexibility index (Phi) is 4.28. The molecule has 0 fully saturated rings. The molecule has 1 rings (SSSR count). The van der Waals surface area contributed by atoms with Crippen molar-refractivity contribution < 1.29 is 9.90 Å². The summed E-state index contributed by atoms with van der Waals surface area (Å²) in [6.07, 6.45) is 0. The molecule has 0 saturated carbocycles. The Labute approximate surface area is 97.0 Å². The van der Waals surface area contributed by atoms with E-state index in [9.17, 15) is 4.79 Å². The van der Waals surface area contributed by atoms with Crippen LogP contribution in [0.3, 0.4) is 0 Å². The lowest BCUT2D eigenvalue weighted by Crippen LogP contribution is -2.07. The van der Waals surface area contributed by atoms with E-state index in [0.717, 1.165) is 9.37 Å². The highest BCUT2D eigenvalue weighted by atomic mass is 79.9. The number of rotatable bonds is 3. The summed E-state index contributed by atoms with van der Waals surface area (Å²) in [4.78, 5) is 11.4. The third-order valence-electron chi connectivity index (χ3n) is 1.25. The van der Waals surface area contributed by atoms with Crippen molar-refractivity contribution in [3.63, 3.8) is 0 Å². The van der Waals surface area contributed by atoms with Crippen molar-refractivity contribution >= 4 is 49.6 Å². The molecule has 0 aromatic heterocycles. The summed E-state index contributed by atoms with van der Waals surface area (Å²) in [6.45, 7) is 0. The molecule has 1 aromatic carbocycles. The number of carboxylic acid groups (broad SMARTS) is 1. The van der Waals surface area contributed by atoms with E-state index in [4.69, 9.17) is 5.11 Å². The van der Waals surface area contributed by atoms with Gasteiger partial charge in [0.25, 0.3) is 0 Å². The minimum atomic E-state index is -0.868. The number of thioether (sulfide) groups is 1. The lowest BCUT2D eigenvalue weighted by atomic mass is 10.4. The largest absolute Gasteiger partial charge is 0.480 e. The first-order valence-electron chi connectivity index (χ1n) is 3.38. The molecule has 70 valence electrons. The van der Waals surface area contributed by atoms with E-state index < -0.39 is 10.1 Å². The molecule has 0 aliphatic carbocycles. The van der Waals surface area contributed by atoms with Crippen LogP contribution in [0.2, 0.25) is 0 Å². The summed E-state index contributed by atoms with van der Waals surface area (Å²) in [5.74, 6) is -0.868. The average Bonchev–Trinajstić information content (AvgIpc) is 2.08. The van der Waals surface area contributed by atoms with E-state index >= 15 is 0 Å². The SMILES string of the molecule is O=C(O)C(Br)Sc1ccc(Br)cc1. The van der Waals surface area contributed by atoms with Crippen molar-refractivity contribution in [2.24, 2.45) is 0 Å². The fourth-order valence-corrected chi connectivity index (χ4v) is 2.23. The molecule has 13 heavy (non-hydrogen) atoms. The van der Waals surface area contributed by atoms with Gasteiger partial charge < -0.3 is 5.11 Å². The van der Waals surface area contributed by atoms with Crippen molar-refractivity contribution in [2.75, 3.05) is 0 Å². The van der Waals surface area contributed by atoms with Gasteiger partial charge in [0.05, 0.1) is 0 Å². The smallest absolute Gasteiger partial charge is 0.327 e. The van der Waals surface area contributed by atoms with Crippen LogP contribution in [0.15, 0.2) is 33.6 Å². The van der Waals surface area contributed by atoms with Crippen LogP contribution < -0.4 is 0 Å². The van der Waals surface area contributed by atoms with Crippen molar-refractivity contribution in [1.29, 1.82) is 0 Å². The van der Waals surface area contributed by atoms with Gasteiger partial charge in [0.15, 0.2) is 4.16 Å². The second kappa shape index (κ2) is 5.02. The van der Waals surface area contributed by atoms with Crippen LogP contribution in [-0.2, 0) is 4.79 Å². The van der Waals surface area contributed by atoms with Crippen LogP contribution >= 0.6 is 43.6 Å². The molecule has 1 unspecified atom stereocenters. The second-order valence-corrected chi connectivity index (χ2v) is 5.84. The summed E-state index contributed by atoms with van der Waals surface area (Å²) in [5, 5.41) is 8.62. The number of carboxylic acids is 1. The number of carbonyl (C=O) groups is 1. The fourth-order valence-electron chi connectivity index (χ4n) is 0.683. The molecular weight excluding hydrogens is 320 g/mol. The van der Waals surface area contributed by atoms with Gasteiger partial charge in [0.1, 0.15) is 0 Å². The molecule has 2 nitrogen and oxygen atoms in total. The third-order valence-corrected chi connectivity index (χ3v) is 3.68. The molecule has 1 aromatic rings. The predicted molar refractivity (Wildman–Crippen MR) is 60.3 cm³/mol. The van der Waals surface area contributed by atoms with Gasteiger partial charge in [0.2, 0.25) is 0 Å². The van der Waals surface area contributed by atoms with E-state index in [0.29, 0.717) is 0 Å². The number of hydrogen-bond acceptors (Lipinski definition) is 2. The normalized spacial score (nSPS) is 12.5. The maximum Gasteiger partial charge on any atom is 0.327 e. The lowest BCUT2D eigenvalue weighted by Gasteiger charge is -2.03. The Morgan fingerprint density at radius 3 is 2.38 bits per heavy atom. The molecule has 1 N–H and O–H groups in total. The van der Waals surface area contributed by atoms with Crippen LogP contribution in [0.25, 0.3) is 0 Å². The number of hydrogen-bond donors (Lipinski definition) is 1. The van der Waals surface area contributed by atoms with Crippen molar-refractivity contribution in [3.05, 3.63) is 28.7 Å². The first kappa shape index (κ1) is 11.1. The second-order valence-electron chi connectivity index (χ2n) is 2.23. The summed E-state index contributed by atoms with van der Waals surface area (Å²) in [7, 11) is 0. The molecule has 5 heteroatoms. The van der Waals surface area contributed by atoms with Crippen molar-refractivity contribution in [3.8, 4) is 0 Å². The summed E-state index contributed by atoms with van der Waals surface area (Å²) < 4.78 is 0.395. The highest BCUT2D eigenvalue weighted by Crippen LogP contribution is 2.28. The number of alkyl halides is 1. The molecule has 1 atom stereocenters. The number of halogens is 2. The number of benzene rings is 1. The maximum absolute atomic E-state index is 10.5. The third kappa shape index (κ3) is 3.70. The quantitative estimate of drug-likeness (QED) is 0.684. The van der Waals surface area contributed by atoms with Crippen LogP contribution in [0, 0.1) is 0 Å². The Morgan fingerprint density at radius 1 is 1.38 bits per heavy atom. The zero-order chi connectivity index (χ0) is 9.84. The Hall–Kier alpha value is -0.000000000000000111. The number of aliphatic carboxylic acids is 1. The van der Waals surface area contributed by atoms with Crippen molar-refractivity contribution in [1.82, 2.24) is 0 Å². The minimum Gasteiger partial charge on any atom is -0.480 e. The molecule has 0 bridgehead atoms. The van der Waals surface area contributed by atoms with Crippen LogP contribution in [-0.4, -0.2) is 15.2 Å². The van der Waals surface area contributed by atoms with Gasteiger partial charge in [-0.25, -0.2) is 0 Å². The first-order chi connectivity index (χ1) is 6.09. The van der Waals surface area contributed by atoms with E-state index in [1.807, 2.05) is 24.3 Å². The summed E-state index contributed by atoms with van der Waals surface area (Å²) >= 11 is 7.61. The van der Waals surface area contributed by atoms with Crippen LogP contribution in [0.1, 0.15) is 0 Å². The first-order valence-corrected chi connectivity index (χ1v) is 5.97. The van der Waals surface area contributed by atoms with E-state index in [2.05, 4.69) is 31.9 Å². The van der Waals surface area contributed by atoms with E-state index in [1.165, 1.54) is 11.8 Å².